The first kappa shape index (κ1) is 21.0. The maximum Gasteiger partial charge on any atom is 0.276 e. The third-order valence-corrected chi connectivity index (χ3v) is 4.81. The minimum atomic E-state index is -3.90. The fourth-order valence-electron chi connectivity index (χ4n) is 2.11. The predicted molar refractivity (Wildman–Crippen MR) is 103 cm³/mol. The zero-order valence-corrected chi connectivity index (χ0v) is 16.5. The summed E-state index contributed by atoms with van der Waals surface area (Å²) in [6.45, 7) is 4.71. The van der Waals surface area contributed by atoms with Gasteiger partial charge in [-0.15, -0.1) is 0 Å². The quantitative estimate of drug-likeness (QED) is 0.497. The van der Waals surface area contributed by atoms with E-state index in [-0.39, 0.29) is 4.90 Å². The van der Waals surface area contributed by atoms with Gasteiger partial charge in [-0.3, -0.25) is 0 Å². The molecule has 9 heteroatoms. The van der Waals surface area contributed by atoms with Gasteiger partial charge in [0, 0.05) is 0 Å². The molecule has 0 atom stereocenters. The molecule has 0 heterocycles. The first-order valence-electron chi connectivity index (χ1n) is 8.27. The number of benzene rings is 2. The molecule has 146 valence electrons. The average molecular weight is 415 g/mol. The number of nitrogens with one attached hydrogen (secondary N) is 1. The largest absolute Gasteiger partial charge is 0.490 e. The van der Waals surface area contributed by atoms with Crippen LogP contribution in [0.3, 0.4) is 0 Å². The number of hydrogen-bond donors (Lipinski definition) is 1. The SMILES string of the molecule is CCCOc1c(Cl)cc(/C=N/NS(=O)(=O)c2ccc(F)cc2)cc1OCC. The van der Waals surface area contributed by atoms with E-state index in [1.807, 2.05) is 13.8 Å². The molecule has 0 aliphatic rings. The highest BCUT2D eigenvalue weighted by molar-refractivity contribution is 7.89. The lowest BCUT2D eigenvalue weighted by Crippen LogP contribution is -2.18. The second-order valence-corrected chi connectivity index (χ2v) is 7.49. The van der Waals surface area contributed by atoms with Gasteiger partial charge in [0.05, 0.1) is 29.3 Å². The summed E-state index contributed by atoms with van der Waals surface area (Å²) in [5, 5.41) is 4.07. The highest BCUT2D eigenvalue weighted by atomic mass is 35.5. The second-order valence-electron chi connectivity index (χ2n) is 5.42. The van der Waals surface area contributed by atoms with Gasteiger partial charge in [-0.05, 0) is 55.3 Å². The zero-order chi connectivity index (χ0) is 19.9. The molecule has 0 amide bonds. The predicted octanol–water partition coefficient (Wildman–Crippen LogP) is 3.98. The first-order chi connectivity index (χ1) is 12.9. The van der Waals surface area contributed by atoms with Crippen molar-refractivity contribution in [1.82, 2.24) is 4.83 Å². The molecule has 2 rings (SSSR count). The van der Waals surface area contributed by atoms with Crippen LogP contribution in [0.2, 0.25) is 5.02 Å². The van der Waals surface area contributed by atoms with Crippen LogP contribution >= 0.6 is 11.6 Å². The molecule has 0 bridgehead atoms. The molecule has 2 aromatic carbocycles. The van der Waals surface area contributed by atoms with E-state index in [2.05, 4.69) is 9.93 Å². The maximum atomic E-state index is 12.9. The molecule has 0 fully saturated rings. The van der Waals surface area contributed by atoms with E-state index < -0.39 is 15.8 Å². The highest BCUT2D eigenvalue weighted by Crippen LogP contribution is 2.36. The van der Waals surface area contributed by atoms with Crippen LogP contribution in [0.4, 0.5) is 4.39 Å². The van der Waals surface area contributed by atoms with Crippen LogP contribution in [-0.2, 0) is 10.0 Å². The molecule has 0 saturated carbocycles. The molecule has 0 unspecified atom stereocenters. The van der Waals surface area contributed by atoms with Crippen LogP contribution < -0.4 is 14.3 Å². The third kappa shape index (κ3) is 5.83. The number of hydrazone groups is 1. The number of ether oxygens (including phenoxy) is 2. The third-order valence-electron chi connectivity index (χ3n) is 3.29. The Morgan fingerprint density at radius 2 is 1.89 bits per heavy atom. The van der Waals surface area contributed by atoms with Crippen molar-refractivity contribution in [3.63, 3.8) is 0 Å². The van der Waals surface area contributed by atoms with E-state index in [1.165, 1.54) is 6.21 Å². The lowest BCUT2D eigenvalue weighted by atomic mass is 10.2. The van der Waals surface area contributed by atoms with Crippen LogP contribution in [0, 0.1) is 5.82 Å². The summed E-state index contributed by atoms with van der Waals surface area (Å²) in [5.41, 5.74) is 0.522. The molecule has 27 heavy (non-hydrogen) atoms. The Morgan fingerprint density at radius 3 is 2.52 bits per heavy atom. The van der Waals surface area contributed by atoms with Crippen molar-refractivity contribution < 1.29 is 22.3 Å². The summed E-state index contributed by atoms with van der Waals surface area (Å²) >= 11 is 6.24. The van der Waals surface area contributed by atoms with Gasteiger partial charge >= 0.3 is 0 Å². The minimum absolute atomic E-state index is 0.0996. The summed E-state index contributed by atoms with van der Waals surface area (Å²) in [5.74, 6) is 0.353. The Bertz CT molecular complexity index is 902. The van der Waals surface area contributed by atoms with Crippen molar-refractivity contribution in [2.24, 2.45) is 5.10 Å². The summed E-state index contributed by atoms with van der Waals surface area (Å²) in [6, 6.07) is 7.65. The monoisotopic (exact) mass is 414 g/mol. The van der Waals surface area contributed by atoms with Gasteiger partial charge in [0.15, 0.2) is 11.5 Å². The molecule has 0 spiro atoms. The van der Waals surface area contributed by atoms with Gasteiger partial charge in [-0.1, -0.05) is 18.5 Å². The molecular formula is C18H20ClFN2O4S. The first-order valence-corrected chi connectivity index (χ1v) is 10.1. The summed E-state index contributed by atoms with van der Waals surface area (Å²) in [6.07, 6.45) is 2.11. The number of halogens is 2. The molecule has 0 aromatic heterocycles. The standard InChI is InChI=1S/C18H20ClFN2O4S/c1-3-9-26-18-16(19)10-13(11-17(18)25-4-2)12-21-22-27(23,24)15-7-5-14(20)6-8-15/h5-8,10-12,22H,3-4,9H2,1-2H3/b21-12+. The van der Waals surface area contributed by atoms with Gasteiger partial charge in [0.1, 0.15) is 5.82 Å². The highest BCUT2D eigenvalue weighted by Gasteiger charge is 2.14. The molecule has 1 N–H and O–H groups in total. The van der Waals surface area contributed by atoms with Crippen LogP contribution in [0.15, 0.2) is 46.4 Å². The second kappa shape index (κ2) is 9.57. The van der Waals surface area contributed by atoms with E-state index in [0.717, 1.165) is 30.7 Å². The number of hydrogen-bond acceptors (Lipinski definition) is 5. The van der Waals surface area contributed by atoms with E-state index >= 15 is 0 Å². The molecule has 0 saturated heterocycles. The average Bonchev–Trinajstić information content (AvgIpc) is 2.61. The topological polar surface area (TPSA) is 77.0 Å². The Kier molecular flexibility index (Phi) is 7.44. The van der Waals surface area contributed by atoms with Crippen molar-refractivity contribution in [1.29, 1.82) is 0 Å². The van der Waals surface area contributed by atoms with E-state index in [0.29, 0.717) is 35.3 Å². The normalized spacial score (nSPS) is 11.6. The minimum Gasteiger partial charge on any atom is -0.490 e. The van der Waals surface area contributed by atoms with Gasteiger partial charge in [0.2, 0.25) is 0 Å². The van der Waals surface area contributed by atoms with E-state index in [4.69, 9.17) is 21.1 Å². The Hall–Kier alpha value is -2.32. The fourth-order valence-corrected chi connectivity index (χ4v) is 3.17. The molecule has 2 aromatic rings. The Morgan fingerprint density at radius 1 is 1.19 bits per heavy atom. The Labute approximate surface area is 163 Å². The van der Waals surface area contributed by atoms with Gasteiger partial charge in [0.25, 0.3) is 10.0 Å². The summed E-state index contributed by atoms with van der Waals surface area (Å²) < 4.78 is 48.3. The van der Waals surface area contributed by atoms with Crippen LogP contribution in [0.25, 0.3) is 0 Å². The summed E-state index contributed by atoms with van der Waals surface area (Å²) in [4.78, 5) is 1.97. The van der Waals surface area contributed by atoms with Crippen molar-refractivity contribution in [2.75, 3.05) is 13.2 Å². The number of sulfonamides is 1. The molecule has 0 radical (unpaired) electrons. The van der Waals surface area contributed by atoms with Gasteiger partial charge in [-0.25, -0.2) is 9.22 Å². The van der Waals surface area contributed by atoms with E-state index in [1.54, 1.807) is 12.1 Å². The molecule has 0 aliphatic carbocycles. The molecule has 6 nitrogen and oxygen atoms in total. The number of nitrogens with zero attached hydrogens (tertiary/aromatic N) is 1. The van der Waals surface area contributed by atoms with Crippen molar-refractivity contribution in [2.45, 2.75) is 25.2 Å². The zero-order valence-electron chi connectivity index (χ0n) is 14.9. The summed E-state index contributed by atoms with van der Waals surface area (Å²) in [7, 11) is -3.90. The lowest BCUT2D eigenvalue weighted by Gasteiger charge is -2.13. The Balaban J connectivity index is 2.19. The van der Waals surface area contributed by atoms with Crippen LogP contribution in [0.5, 0.6) is 11.5 Å². The van der Waals surface area contributed by atoms with Crippen molar-refractivity contribution in [3.8, 4) is 11.5 Å². The van der Waals surface area contributed by atoms with Gasteiger partial charge < -0.3 is 9.47 Å². The molecule has 0 aliphatic heterocycles. The molecular weight excluding hydrogens is 395 g/mol. The lowest BCUT2D eigenvalue weighted by molar-refractivity contribution is 0.277. The maximum absolute atomic E-state index is 12.9. The number of rotatable bonds is 9. The van der Waals surface area contributed by atoms with Gasteiger partial charge in [-0.2, -0.15) is 13.5 Å². The van der Waals surface area contributed by atoms with Crippen molar-refractivity contribution >= 4 is 27.8 Å². The fraction of sp³-hybridized carbons (Fsp3) is 0.278. The van der Waals surface area contributed by atoms with Crippen LogP contribution in [-0.4, -0.2) is 27.8 Å². The van der Waals surface area contributed by atoms with Crippen molar-refractivity contribution in [3.05, 3.63) is 52.8 Å². The smallest absolute Gasteiger partial charge is 0.276 e. The van der Waals surface area contributed by atoms with Crippen LogP contribution in [0.1, 0.15) is 25.8 Å². The van der Waals surface area contributed by atoms with E-state index in [9.17, 15) is 12.8 Å².